The summed E-state index contributed by atoms with van der Waals surface area (Å²) in [5.74, 6) is 0.668. The van der Waals surface area contributed by atoms with Crippen LogP contribution in [0, 0.1) is 6.92 Å². The molecule has 0 amide bonds. The molecule has 23 heavy (non-hydrogen) atoms. The number of anilines is 1. The molecule has 0 unspecified atom stereocenters. The molecule has 1 aliphatic rings. The number of fused-ring (bicyclic) bond motifs is 1. The smallest absolute Gasteiger partial charge is 0.264 e. The highest BCUT2D eigenvalue weighted by Crippen LogP contribution is 2.39. The van der Waals surface area contributed by atoms with Crippen molar-refractivity contribution >= 4 is 38.3 Å². The van der Waals surface area contributed by atoms with Gasteiger partial charge in [-0.2, -0.15) is 0 Å². The molecule has 0 spiro atoms. The number of halogens is 1. The van der Waals surface area contributed by atoms with Crippen LogP contribution in [0.3, 0.4) is 0 Å². The fourth-order valence-corrected chi connectivity index (χ4v) is 5.50. The summed E-state index contributed by atoms with van der Waals surface area (Å²) in [7, 11) is -1.99. The van der Waals surface area contributed by atoms with E-state index in [0.717, 1.165) is 27.7 Å². The minimum Gasteiger partial charge on any atom is -0.497 e. The van der Waals surface area contributed by atoms with Gasteiger partial charge >= 0.3 is 0 Å². The maximum atomic E-state index is 13.2. The fraction of sp³-hybridized carbons (Fsp3) is 0.294. The van der Waals surface area contributed by atoms with Gasteiger partial charge in [0.2, 0.25) is 0 Å². The van der Waals surface area contributed by atoms with Gasteiger partial charge < -0.3 is 4.74 Å². The van der Waals surface area contributed by atoms with E-state index in [-0.39, 0.29) is 6.04 Å². The van der Waals surface area contributed by atoms with Crippen molar-refractivity contribution in [3.8, 4) is 5.75 Å². The highest BCUT2D eigenvalue weighted by Gasteiger charge is 2.38. The number of hydrogen-bond donors (Lipinski definition) is 0. The quantitative estimate of drug-likeness (QED) is 0.537. The minimum atomic E-state index is -3.58. The number of ether oxygens (including phenoxy) is 1. The first-order valence-electron chi connectivity index (χ1n) is 7.31. The van der Waals surface area contributed by atoms with Gasteiger partial charge in [-0.15, -0.1) is 0 Å². The van der Waals surface area contributed by atoms with Crippen molar-refractivity contribution in [3.05, 3.63) is 53.6 Å². The number of hydrogen-bond acceptors (Lipinski definition) is 3. The van der Waals surface area contributed by atoms with E-state index in [9.17, 15) is 8.42 Å². The zero-order valence-electron chi connectivity index (χ0n) is 13.0. The molecule has 0 fully saturated rings. The third-order valence-electron chi connectivity index (χ3n) is 4.07. The largest absolute Gasteiger partial charge is 0.497 e. The van der Waals surface area contributed by atoms with Crippen LogP contribution in [-0.4, -0.2) is 26.0 Å². The average Bonchev–Trinajstić information content (AvgIpc) is 2.93. The van der Waals surface area contributed by atoms with Crippen molar-refractivity contribution in [2.45, 2.75) is 24.3 Å². The van der Waals surface area contributed by atoms with Crippen LogP contribution in [-0.2, 0) is 16.4 Å². The van der Waals surface area contributed by atoms with Gasteiger partial charge in [-0.1, -0.05) is 46.4 Å². The summed E-state index contributed by atoms with van der Waals surface area (Å²) in [5, 5.41) is 0. The molecule has 2 aromatic rings. The SMILES string of the molecule is COc1ccc2c(c1)N(S(=O)(=O)c1ccc(C)cc1)[C@H](CI)C2. The number of methoxy groups -OCH3 is 1. The van der Waals surface area contributed by atoms with Crippen molar-refractivity contribution in [2.24, 2.45) is 0 Å². The maximum absolute atomic E-state index is 13.2. The molecule has 0 aromatic heterocycles. The molecule has 1 heterocycles. The highest BCUT2D eigenvalue weighted by atomic mass is 127. The molecule has 0 saturated heterocycles. The van der Waals surface area contributed by atoms with Gasteiger partial charge in [0.05, 0.1) is 23.7 Å². The Balaban J connectivity index is 2.12. The Morgan fingerprint density at radius 2 is 1.91 bits per heavy atom. The Hall–Kier alpha value is -1.28. The van der Waals surface area contributed by atoms with E-state index in [2.05, 4.69) is 22.6 Å². The second-order valence-corrected chi connectivity index (χ2v) is 8.32. The van der Waals surface area contributed by atoms with Gasteiger partial charge in [0.15, 0.2) is 0 Å². The standard InChI is InChI=1S/C17H18INO3S/c1-12-3-7-16(8-4-12)23(20,21)19-14(11-18)9-13-5-6-15(22-2)10-17(13)19/h3-8,10,14H,9,11H2,1-2H3/t14-/m0/s1. The molecular formula is C17H18INO3S. The molecule has 1 aliphatic heterocycles. The fourth-order valence-electron chi connectivity index (χ4n) is 2.85. The Bertz CT molecular complexity index is 818. The van der Waals surface area contributed by atoms with E-state index >= 15 is 0 Å². The van der Waals surface area contributed by atoms with E-state index < -0.39 is 10.0 Å². The van der Waals surface area contributed by atoms with Crippen LogP contribution in [0.1, 0.15) is 11.1 Å². The van der Waals surface area contributed by atoms with E-state index in [4.69, 9.17) is 4.74 Å². The first-order chi connectivity index (χ1) is 11.0. The third kappa shape index (κ3) is 2.94. The predicted octanol–water partition coefficient (Wildman–Crippen LogP) is 3.56. The van der Waals surface area contributed by atoms with Crippen LogP contribution < -0.4 is 9.04 Å². The lowest BCUT2D eigenvalue weighted by Crippen LogP contribution is -2.38. The normalized spacial score (nSPS) is 17.2. The molecule has 1 atom stereocenters. The summed E-state index contributed by atoms with van der Waals surface area (Å²) < 4.78 is 33.9. The molecule has 0 N–H and O–H groups in total. The molecule has 2 aromatic carbocycles. The minimum absolute atomic E-state index is 0.0657. The zero-order valence-corrected chi connectivity index (χ0v) is 16.0. The number of alkyl halides is 1. The van der Waals surface area contributed by atoms with Gasteiger partial charge in [0.25, 0.3) is 10.0 Å². The van der Waals surface area contributed by atoms with Gasteiger partial charge in [-0.3, -0.25) is 4.31 Å². The van der Waals surface area contributed by atoms with Gasteiger partial charge in [0.1, 0.15) is 5.75 Å². The second kappa shape index (κ2) is 6.32. The summed E-state index contributed by atoms with van der Waals surface area (Å²) in [4.78, 5) is 0.327. The topological polar surface area (TPSA) is 46.6 Å². The lowest BCUT2D eigenvalue weighted by molar-refractivity contribution is 0.415. The second-order valence-electron chi connectivity index (χ2n) is 5.62. The molecule has 0 radical (unpaired) electrons. The number of sulfonamides is 1. The Morgan fingerprint density at radius 1 is 1.22 bits per heavy atom. The first-order valence-corrected chi connectivity index (χ1v) is 10.3. The Kier molecular flexibility index (Phi) is 4.55. The summed E-state index contributed by atoms with van der Waals surface area (Å²) in [6, 6.07) is 12.6. The first kappa shape index (κ1) is 16.6. The van der Waals surface area contributed by atoms with Crippen molar-refractivity contribution < 1.29 is 13.2 Å². The number of rotatable bonds is 4. The van der Waals surface area contributed by atoms with Gasteiger partial charge in [0, 0.05) is 10.5 Å². The van der Waals surface area contributed by atoms with Gasteiger partial charge in [-0.25, -0.2) is 8.42 Å². The lowest BCUT2D eigenvalue weighted by atomic mass is 10.1. The molecule has 0 saturated carbocycles. The van der Waals surface area contributed by atoms with Crippen LogP contribution >= 0.6 is 22.6 Å². The zero-order chi connectivity index (χ0) is 16.6. The van der Waals surface area contributed by atoms with Crippen LogP contribution in [0.4, 0.5) is 5.69 Å². The van der Waals surface area contributed by atoms with Crippen molar-refractivity contribution in [1.82, 2.24) is 0 Å². The molecule has 0 bridgehead atoms. The maximum Gasteiger partial charge on any atom is 0.264 e. The van der Waals surface area contributed by atoms with Crippen molar-refractivity contribution in [3.63, 3.8) is 0 Å². The van der Waals surface area contributed by atoms with Gasteiger partial charge in [-0.05, 0) is 37.1 Å². The summed E-state index contributed by atoms with van der Waals surface area (Å²) in [6.45, 7) is 1.94. The number of aryl methyl sites for hydroxylation is 1. The van der Waals surface area contributed by atoms with Crippen molar-refractivity contribution in [1.29, 1.82) is 0 Å². The summed E-state index contributed by atoms with van der Waals surface area (Å²) in [5.41, 5.74) is 2.81. The number of benzene rings is 2. The van der Waals surface area contributed by atoms with E-state index in [1.807, 2.05) is 37.3 Å². The molecule has 0 aliphatic carbocycles. The monoisotopic (exact) mass is 443 g/mol. The Labute approximate surface area is 150 Å². The molecule has 6 heteroatoms. The van der Waals surface area contributed by atoms with Crippen LogP contribution in [0.5, 0.6) is 5.75 Å². The number of nitrogens with zero attached hydrogens (tertiary/aromatic N) is 1. The molecule has 4 nitrogen and oxygen atoms in total. The van der Waals surface area contributed by atoms with Crippen LogP contribution in [0.25, 0.3) is 0 Å². The molecular weight excluding hydrogens is 425 g/mol. The van der Waals surface area contributed by atoms with E-state index in [0.29, 0.717) is 10.6 Å². The van der Waals surface area contributed by atoms with Crippen LogP contribution in [0.2, 0.25) is 0 Å². The third-order valence-corrected chi connectivity index (χ3v) is 6.97. The summed E-state index contributed by atoms with van der Waals surface area (Å²) >= 11 is 2.25. The van der Waals surface area contributed by atoms with Crippen LogP contribution in [0.15, 0.2) is 47.4 Å². The Morgan fingerprint density at radius 3 is 2.52 bits per heavy atom. The molecule has 122 valence electrons. The van der Waals surface area contributed by atoms with E-state index in [1.165, 1.54) is 0 Å². The highest BCUT2D eigenvalue weighted by molar-refractivity contribution is 14.1. The lowest BCUT2D eigenvalue weighted by Gasteiger charge is -2.26. The van der Waals surface area contributed by atoms with E-state index in [1.54, 1.807) is 23.5 Å². The summed E-state index contributed by atoms with van der Waals surface area (Å²) in [6.07, 6.45) is 0.730. The predicted molar refractivity (Wildman–Crippen MR) is 100 cm³/mol. The average molecular weight is 443 g/mol. The molecule has 3 rings (SSSR count). The van der Waals surface area contributed by atoms with Crippen molar-refractivity contribution in [2.75, 3.05) is 15.8 Å².